The van der Waals surface area contributed by atoms with Crippen LogP contribution < -0.4 is 48.7 Å². The van der Waals surface area contributed by atoms with Crippen LogP contribution in [0.1, 0.15) is 70.2 Å². The number of aliphatic imine (C=N–C) groups is 1. The van der Waals surface area contributed by atoms with Gasteiger partial charge < -0.3 is 68.8 Å². The van der Waals surface area contributed by atoms with Crippen molar-refractivity contribution < 1.29 is 48.6 Å². The van der Waals surface area contributed by atoms with Crippen molar-refractivity contribution in [3.05, 3.63) is 83.9 Å². The number of aromatic hydroxyl groups is 1. The lowest BCUT2D eigenvalue weighted by Crippen LogP contribution is -2.64. The molecule has 0 bridgehead atoms. The minimum absolute atomic E-state index is 0.0101. The largest absolute Gasteiger partial charge is 0.508 e. The van der Waals surface area contributed by atoms with Gasteiger partial charge in [0.1, 0.15) is 48.0 Å². The lowest BCUT2D eigenvalue weighted by atomic mass is 9.98. The maximum atomic E-state index is 14.7. The number of likely N-dealkylation sites (N-methyl/N-ethyl adjacent to an activating group) is 1. The number of thioether (sulfide) groups is 1. The van der Waals surface area contributed by atoms with Crippen LogP contribution in [0.3, 0.4) is 0 Å². The maximum Gasteiger partial charge on any atom is 0.326 e. The molecule has 398 valence electrons. The zero-order valence-corrected chi connectivity index (χ0v) is 42.9. The number of hydrogen-bond acceptors (Lipinski definition) is 13. The number of nitrogens with two attached hydrogens (primary N) is 2. The van der Waals surface area contributed by atoms with Crippen LogP contribution in [0.2, 0.25) is 0 Å². The van der Waals surface area contributed by atoms with Gasteiger partial charge in [0.2, 0.25) is 41.4 Å². The Morgan fingerprint density at radius 2 is 1.47 bits per heavy atom. The van der Waals surface area contributed by atoms with Gasteiger partial charge in [-0.05, 0) is 82.0 Å². The summed E-state index contributed by atoms with van der Waals surface area (Å²) < 4.78 is -1.06. The van der Waals surface area contributed by atoms with Crippen molar-refractivity contribution in [1.29, 1.82) is 0 Å². The van der Waals surface area contributed by atoms with Gasteiger partial charge in [-0.15, -0.1) is 0 Å². The van der Waals surface area contributed by atoms with Gasteiger partial charge in [-0.25, -0.2) is 9.78 Å². The number of H-pyrrole nitrogens is 1. The number of aliphatic carboxylic acids is 1. The first kappa shape index (κ1) is 58.4. The summed E-state index contributed by atoms with van der Waals surface area (Å²) in [6, 6.07) is 6.05. The van der Waals surface area contributed by atoms with Gasteiger partial charge in [0.15, 0.2) is 5.96 Å². The molecule has 7 atom stereocenters. The van der Waals surface area contributed by atoms with Gasteiger partial charge in [-0.3, -0.25) is 38.6 Å². The summed E-state index contributed by atoms with van der Waals surface area (Å²) in [5.41, 5.74) is 12.6. The third-order valence-electron chi connectivity index (χ3n) is 12.3. The molecule has 1 aromatic heterocycles. The van der Waals surface area contributed by atoms with Gasteiger partial charge in [0, 0.05) is 49.0 Å². The number of carboxylic acids is 1. The van der Waals surface area contributed by atoms with Crippen LogP contribution in [-0.2, 0) is 57.6 Å². The number of guanidine groups is 1. The molecule has 2 heterocycles. The Morgan fingerprint density at radius 1 is 0.822 bits per heavy atom. The molecule has 0 aliphatic carbocycles. The number of carbonyl (C=O) groups excluding carboxylic acids is 7. The molecule has 3 aromatic rings. The minimum Gasteiger partial charge on any atom is -0.508 e. The summed E-state index contributed by atoms with van der Waals surface area (Å²) in [6.45, 7) is 7.02. The van der Waals surface area contributed by atoms with E-state index in [1.807, 2.05) is 0 Å². The molecule has 14 N–H and O–H groups in total. The number of imidazole rings is 1. The predicted molar refractivity (Wildman–Crippen MR) is 274 cm³/mol. The number of phenols is 1. The fourth-order valence-corrected chi connectivity index (χ4v) is 8.52. The molecule has 24 heteroatoms. The van der Waals surface area contributed by atoms with E-state index in [1.165, 1.54) is 41.3 Å². The smallest absolute Gasteiger partial charge is 0.326 e. The van der Waals surface area contributed by atoms with E-state index < -0.39 is 100 Å². The molecular weight excluding hydrogens is 963 g/mol. The van der Waals surface area contributed by atoms with Crippen molar-refractivity contribution >= 4 is 65.0 Å². The Bertz CT molecular complexity index is 2370. The number of amides is 7. The molecule has 7 amide bonds. The van der Waals surface area contributed by atoms with Crippen molar-refractivity contribution in [2.45, 2.75) is 120 Å². The van der Waals surface area contributed by atoms with Crippen LogP contribution in [0, 0.1) is 5.92 Å². The van der Waals surface area contributed by atoms with Gasteiger partial charge in [-0.1, -0.05) is 56.3 Å². The first-order valence-corrected chi connectivity index (χ1v) is 25.2. The first-order valence-electron chi connectivity index (χ1n) is 24.0. The number of nitrogens with zero attached hydrogens (tertiary/aromatic N) is 3. The minimum atomic E-state index is -1.38. The average Bonchev–Trinajstić information content (AvgIpc) is 4.06. The Hall–Kier alpha value is -7.21. The number of carboxylic acid groups (broad SMARTS) is 1. The summed E-state index contributed by atoms with van der Waals surface area (Å²) in [7, 11) is 1.57. The van der Waals surface area contributed by atoms with E-state index in [1.54, 1.807) is 83.5 Å². The number of aromatic amines is 1. The highest BCUT2D eigenvalue weighted by Crippen LogP contribution is 2.27. The second-order valence-electron chi connectivity index (χ2n) is 18.6. The van der Waals surface area contributed by atoms with E-state index in [9.17, 15) is 48.6 Å². The van der Waals surface area contributed by atoms with Crippen LogP contribution in [-0.4, -0.2) is 158 Å². The highest BCUT2D eigenvalue weighted by atomic mass is 32.2. The topological polar surface area (TPSA) is 358 Å². The second kappa shape index (κ2) is 28.1. The number of hydrogen-bond donors (Lipinski definition) is 12. The SMILES string of the molecule is CNCC(=O)N[C@@H](CCCN=C(N)N)C(=O)N[C@H](C(=O)N[C@@H](Cc1ccc(O)cc1)C(=O)N[C@H](C(=O)N[C@@H](Cc1cnc[nH]1)C(=O)N1CCC[C@H]1C(=O)N[C@@H](Cc1ccccc1)C(=O)O)C(C)(C)SC)C(C)C. The molecule has 1 fully saturated rings. The number of phenolic OH excluding ortho intramolecular Hbond substituents is 1. The summed E-state index contributed by atoms with van der Waals surface area (Å²) in [5.74, 6) is -6.73. The van der Waals surface area contributed by atoms with Crippen molar-refractivity contribution in [2.24, 2.45) is 22.4 Å². The van der Waals surface area contributed by atoms with Crippen LogP contribution in [0.4, 0.5) is 0 Å². The van der Waals surface area contributed by atoms with Gasteiger partial charge in [0.25, 0.3) is 0 Å². The van der Waals surface area contributed by atoms with E-state index in [0.717, 1.165) is 0 Å². The number of likely N-dealkylation sites (tertiary alicyclic amines) is 1. The Labute approximate surface area is 429 Å². The predicted octanol–water partition coefficient (Wildman–Crippen LogP) is -0.802. The first-order chi connectivity index (χ1) is 34.6. The molecule has 0 radical (unpaired) electrons. The summed E-state index contributed by atoms with van der Waals surface area (Å²) in [6.07, 6.45) is 5.48. The normalized spacial score (nSPS) is 15.9. The monoisotopic (exact) mass is 1030 g/mol. The third kappa shape index (κ3) is 18.1. The van der Waals surface area contributed by atoms with Gasteiger partial charge in [-0.2, -0.15) is 11.8 Å². The quantitative estimate of drug-likeness (QED) is 0.0241. The zero-order chi connectivity index (χ0) is 53.8. The fourth-order valence-electron chi connectivity index (χ4n) is 8.11. The maximum absolute atomic E-state index is 14.7. The van der Waals surface area contributed by atoms with Crippen LogP contribution >= 0.6 is 11.8 Å². The van der Waals surface area contributed by atoms with Crippen LogP contribution in [0.5, 0.6) is 5.75 Å². The molecule has 0 spiro atoms. The molecular formula is C49H71N13O10S. The fraction of sp³-hybridized carbons (Fsp3) is 0.510. The zero-order valence-electron chi connectivity index (χ0n) is 42.1. The summed E-state index contributed by atoms with van der Waals surface area (Å²) in [4.78, 5) is 123. The second-order valence-corrected chi connectivity index (χ2v) is 20.1. The molecule has 0 saturated carbocycles. The molecule has 1 aliphatic heterocycles. The van der Waals surface area contributed by atoms with Crippen molar-refractivity contribution in [1.82, 2.24) is 52.1 Å². The molecule has 1 aliphatic rings. The molecule has 73 heavy (non-hydrogen) atoms. The van der Waals surface area contributed by atoms with Crippen LogP contribution in [0.15, 0.2) is 72.1 Å². The molecule has 0 unspecified atom stereocenters. The van der Waals surface area contributed by atoms with Gasteiger partial charge in [0.05, 0.1) is 12.9 Å². The van der Waals surface area contributed by atoms with E-state index in [-0.39, 0.29) is 63.4 Å². The van der Waals surface area contributed by atoms with Crippen molar-refractivity contribution in [3.8, 4) is 5.75 Å². The van der Waals surface area contributed by atoms with Gasteiger partial charge >= 0.3 is 5.97 Å². The number of nitrogens with one attached hydrogen (secondary N) is 8. The van der Waals surface area contributed by atoms with Crippen molar-refractivity contribution in [2.75, 3.05) is 32.9 Å². The molecule has 4 rings (SSSR count). The number of rotatable bonds is 28. The van der Waals surface area contributed by atoms with E-state index in [0.29, 0.717) is 29.7 Å². The van der Waals surface area contributed by atoms with Crippen LogP contribution in [0.25, 0.3) is 0 Å². The van der Waals surface area contributed by atoms with E-state index in [4.69, 9.17) is 11.5 Å². The lowest BCUT2D eigenvalue weighted by molar-refractivity contribution is -0.145. The molecule has 1 saturated heterocycles. The summed E-state index contributed by atoms with van der Waals surface area (Å²) in [5, 5.41) is 39.2. The molecule has 2 aromatic carbocycles. The van der Waals surface area contributed by atoms with E-state index >= 15 is 0 Å². The summed E-state index contributed by atoms with van der Waals surface area (Å²) >= 11 is 1.25. The van der Waals surface area contributed by atoms with E-state index in [2.05, 4.69) is 52.2 Å². The third-order valence-corrected chi connectivity index (χ3v) is 13.6. The Morgan fingerprint density at radius 3 is 2.07 bits per heavy atom. The number of benzene rings is 2. The Balaban J connectivity index is 1.61. The Kier molecular flexibility index (Phi) is 22.5. The van der Waals surface area contributed by atoms with Crippen molar-refractivity contribution in [3.63, 3.8) is 0 Å². The highest BCUT2D eigenvalue weighted by molar-refractivity contribution is 8.00. The number of aromatic nitrogens is 2. The average molecular weight is 1030 g/mol. The standard InChI is InChI=1S/C49H71N13O10S/c1-28(2)39(60-41(65)33(56-38(64)26-52-5)14-10-20-54-48(50)51)44(68)57-34(22-30-16-18-32(63)19-17-30)42(66)61-40(49(3,4)73-6)45(69)58-35(24-31-25-53-27-55-31)46(70)62-21-11-15-37(62)43(67)59-36(47(71)72)23-29-12-8-7-9-13-29/h7-9,12-13,16-19,25,27-28,33-37,39-40,52,63H,10-11,14-15,20-24,26H2,1-6H3,(H,53,55)(H,56,64)(H,57,68)(H,58,69)(H,59,67)(H,60,65)(H,61,66)(H,71,72)(H4,50,51,54)/t33-,34-,35-,36-,37-,39-,40+/m0/s1. The molecule has 23 nitrogen and oxygen atoms in total. The highest BCUT2D eigenvalue weighted by Gasteiger charge is 2.43. The number of carbonyl (C=O) groups is 8. The lowest BCUT2D eigenvalue weighted by Gasteiger charge is -2.35.